The van der Waals surface area contributed by atoms with Gasteiger partial charge in [-0.1, -0.05) is 19.7 Å². The van der Waals surface area contributed by atoms with Gasteiger partial charge in [-0.05, 0) is 13.0 Å². The summed E-state index contributed by atoms with van der Waals surface area (Å²) in [5, 5.41) is 2.91. The monoisotopic (exact) mass is 181 g/mol. The van der Waals surface area contributed by atoms with Crippen molar-refractivity contribution in [2.45, 2.75) is 6.92 Å². The van der Waals surface area contributed by atoms with Gasteiger partial charge in [0.2, 0.25) is 0 Å². The van der Waals surface area contributed by atoms with Crippen LogP contribution < -0.4 is 5.32 Å². The Kier molecular flexibility index (Phi) is 5.35. The van der Waals surface area contributed by atoms with Gasteiger partial charge in [0.05, 0.1) is 0 Å². The van der Waals surface area contributed by atoms with Crippen LogP contribution in [-0.4, -0.2) is 19.1 Å². The normalized spacial score (nSPS) is 8.69. The molecule has 3 nitrogen and oxygen atoms in total. The number of ether oxygens (including phenoxy) is 1. The number of allylic oxidation sites excluding steroid dienone is 1. The standard InChI is InChI=1S/C10H15NO2/c1-5-9(4)11-6-7-13-10(12)8(2)3/h5,11H,1-2,4,6-7H2,3H3. The van der Waals surface area contributed by atoms with E-state index in [0.717, 1.165) is 0 Å². The van der Waals surface area contributed by atoms with Crippen LogP contribution in [-0.2, 0) is 9.53 Å². The first-order valence-corrected chi connectivity index (χ1v) is 3.95. The number of hydrogen-bond acceptors (Lipinski definition) is 3. The molecule has 0 atom stereocenters. The second-order valence-electron chi connectivity index (χ2n) is 2.57. The molecule has 0 spiro atoms. The summed E-state index contributed by atoms with van der Waals surface area (Å²) < 4.78 is 4.82. The van der Waals surface area contributed by atoms with Gasteiger partial charge in [0, 0.05) is 17.8 Å². The molecule has 13 heavy (non-hydrogen) atoms. The zero-order chi connectivity index (χ0) is 10.3. The maximum atomic E-state index is 10.9. The Bertz CT molecular complexity index is 231. The van der Waals surface area contributed by atoms with E-state index in [-0.39, 0.29) is 5.97 Å². The van der Waals surface area contributed by atoms with Gasteiger partial charge in [-0.3, -0.25) is 0 Å². The van der Waals surface area contributed by atoms with Crippen molar-refractivity contribution in [3.05, 3.63) is 37.1 Å². The fourth-order valence-electron chi connectivity index (χ4n) is 0.551. The zero-order valence-electron chi connectivity index (χ0n) is 7.93. The summed E-state index contributed by atoms with van der Waals surface area (Å²) in [4.78, 5) is 10.9. The van der Waals surface area contributed by atoms with Gasteiger partial charge in [-0.15, -0.1) is 0 Å². The Morgan fingerprint density at radius 2 is 2.15 bits per heavy atom. The van der Waals surface area contributed by atoms with E-state index in [4.69, 9.17) is 4.74 Å². The highest BCUT2D eigenvalue weighted by Gasteiger charge is 2.01. The molecule has 0 fully saturated rings. The summed E-state index contributed by atoms with van der Waals surface area (Å²) in [6.07, 6.45) is 1.60. The predicted octanol–water partition coefficient (Wildman–Crippen LogP) is 1.40. The highest BCUT2D eigenvalue weighted by Crippen LogP contribution is 1.91. The number of carbonyl (C=O) groups is 1. The third-order valence-corrected chi connectivity index (χ3v) is 1.28. The maximum Gasteiger partial charge on any atom is 0.333 e. The van der Waals surface area contributed by atoms with Crippen molar-refractivity contribution in [2.24, 2.45) is 0 Å². The van der Waals surface area contributed by atoms with Crippen LogP contribution in [0.4, 0.5) is 0 Å². The minimum atomic E-state index is -0.369. The molecule has 0 aliphatic rings. The smallest absolute Gasteiger partial charge is 0.333 e. The molecule has 0 amide bonds. The molecule has 1 N–H and O–H groups in total. The molecule has 0 radical (unpaired) electrons. The molecular weight excluding hydrogens is 166 g/mol. The lowest BCUT2D eigenvalue weighted by Gasteiger charge is -2.06. The summed E-state index contributed by atoms with van der Waals surface area (Å²) >= 11 is 0. The maximum absolute atomic E-state index is 10.9. The van der Waals surface area contributed by atoms with Crippen molar-refractivity contribution in [2.75, 3.05) is 13.2 Å². The van der Waals surface area contributed by atoms with E-state index in [1.165, 1.54) is 0 Å². The first-order valence-electron chi connectivity index (χ1n) is 3.95. The van der Waals surface area contributed by atoms with Gasteiger partial charge in [-0.2, -0.15) is 0 Å². The van der Waals surface area contributed by atoms with Crippen LogP contribution in [0.5, 0.6) is 0 Å². The quantitative estimate of drug-likeness (QED) is 0.291. The number of rotatable bonds is 6. The first-order chi connectivity index (χ1) is 6.07. The van der Waals surface area contributed by atoms with Gasteiger partial charge in [-0.25, -0.2) is 4.79 Å². The molecule has 0 saturated carbocycles. The van der Waals surface area contributed by atoms with Gasteiger partial charge >= 0.3 is 5.97 Å². The Morgan fingerprint density at radius 3 is 2.62 bits per heavy atom. The molecule has 0 heterocycles. The van der Waals surface area contributed by atoms with Crippen molar-refractivity contribution in [1.29, 1.82) is 0 Å². The predicted molar refractivity (Wildman–Crippen MR) is 53.1 cm³/mol. The topological polar surface area (TPSA) is 38.3 Å². The summed E-state index contributed by atoms with van der Waals surface area (Å²) in [5.74, 6) is -0.369. The van der Waals surface area contributed by atoms with Crippen molar-refractivity contribution in [1.82, 2.24) is 5.32 Å². The van der Waals surface area contributed by atoms with Crippen LogP contribution in [0.2, 0.25) is 0 Å². The van der Waals surface area contributed by atoms with Crippen molar-refractivity contribution < 1.29 is 9.53 Å². The van der Waals surface area contributed by atoms with E-state index < -0.39 is 0 Å². The van der Waals surface area contributed by atoms with Crippen molar-refractivity contribution >= 4 is 5.97 Å². The molecule has 0 bridgehead atoms. The van der Waals surface area contributed by atoms with Crippen LogP contribution in [0.15, 0.2) is 37.1 Å². The van der Waals surface area contributed by atoms with E-state index in [1.54, 1.807) is 13.0 Å². The van der Waals surface area contributed by atoms with Gasteiger partial charge in [0.15, 0.2) is 0 Å². The van der Waals surface area contributed by atoms with E-state index in [2.05, 4.69) is 25.1 Å². The number of carbonyl (C=O) groups excluding carboxylic acids is 1. The second-order valence-corrected chi connectivity index (χ2v) is 2.57. The summed E-state index contributed by atoms with van der Waals surface area (Å²) in [6, 6.07) is 0. The van der Waals surface area contributed by atoms with Crippen molar-refractivity contribution in [3.63, 3.8) is 0 Å². The van der Waals surface area contributed by atoms with Gasteiger partial charge in [0.25, 0.3) is 0 Å². The van der Waals surface area contributed by atoms with Crippen LogP contribution in [0.1, 0.15) is 6.92 Å². The minimum absolute atomic E-state index is 0.304. The Labute approximate surface area is 78.8 Å². The van der Waals surface area contributed by atoms with Crippen LogP contribution in [0.25, 0.3) is 0 Å². The highest BCUT2D eigenvalue weighted by atomic mass is 16.5. The van der Waals surface area contributed by atoms with Gasteiger partial charge in [0.1, 0.15) is 6.61 Å². The Balaban J connectivity index is 3.46. The molecule has 0 aromatic rings. The molecule has 0 aromatic carbocycles. The summed E-state index contributed by atoms with van der Waals surface area (Å²) in [7, 11) is 0. The van der Waals surface area contributed by atoms with Crippen LogP contribution in [0.3, 0.4) is 0 Å². The van der Waals surface area contributed by atoms with Crippen molar-refractivity contribution in [3.8, 4) is 0 Å². The van der Waals surface area contributed by atoms with E-state index >= 15 is 0 Å². The molecule has 3 heteroatoms. The average Bonchev–Trinajstić information content (AvgIpc) is 2.11. The van der Waals surface area contributed by atoms with Crippen LogP contribution in [0, 0.1) is 0 Å². The summed E-state index contributed by atoms with van der Waals surface area (Å²) in [6.45, 7) is 13.1. The average molecular weight is 181 g/mol. The third-order valence-electron chi connectivity index (χ3n) is 1.28. The molecule has 0 rings (SSSR count). The molecule has 0 aliphatic heterocycles. The lowest BCUT2D eigenvalue weighted by atomic mass is 10.4. The van der Waals surface area contributed by atoms with E-state index in [9.17, 15) is 4.79 Å². The zero-order valence-corrected chi connectivity index (χ0v) is 7.93. The van der Waals surface area contributed by atoms with Crippen LogP contribution >= 0.6 is 0 Å². The molecule has 0 aliphatic carbocycles. The Morgan fingerprint density at radius 1 is 1.54 bits per heavy atom. The lowest BCUT2D eigenvalue weighted by Crippen LogP contribution is -2.19. The number of esters is 1. The molecule has 0 saturated heterocycles. The summed E-state index contributed by atoms with van der Waals surface area (Å²) in [5.41, 5.74) is 1.12. The minimum Gasteiger partial charge on any atom is -0.460 e. The first kappa shape index (κ1) is 11.5. The molecule has 0 aromatic heterocycles. The number of hydrogen-bond donors (Lipinski definition) is 1. The van der Waals surface area contributed by atoms with E-state index in [0.29, 0.717) is 24.4 Å². The fraction of sp³-hybridized carbons (Fsp3) is 0.300. The van der Waals surface area contributed by atoms with E-state index in [1.807, 2.05) is 0 Å². The SMILES string of the molecule is C=CC(=C)NCCOC(=O)C(=C)C. The molecule has 72 valence electrons. The largest absolute Gasteiger partial charge is 0.460 e. The second kappa shape index (κ2) is 6.06. The Hall–Kier alpha value is -1.51. The molecular formula is C10H15NO2. The van der Waals surface area contributed by atoms with Gasteiger partial charge < -0.3 is 10.1 Å². The molecule has 0 unspecified atom stereocenters. The lowest BCUT2D eigenvalue weighted by molar-refractivity contribution is -0.138. The fourth-order valence-corrected chi connectivity index (χ4v) is 0.551. The highest BCUT2D eigenvalue weighted by molar-refractivity contribution is 5.86. The number of nitrogens with one attached hydrogen (secondary N) is 1. The third kappa shape index (κ3) is 5.73.